The van der Waals surface area contributed by atoms with Crippen molar-refractivity contribution in [3.05, 3.63) is 63.6 Å². The summed E-state index contributed by atoms with van der Waals surface area (Å²) in [4.78, 5) is 0. The largest absolute Gasteiger partial charge is 0.489 e. The normalized spacial score (nSPS) is 9.95. The summed E-state index contributed by atoms with van der Waals surface area (Å²) >= 11 is 3.43. The van der Waals surface area contributed by atoms with Crippen molar-refractivity contribution in [3.8, 4) is 11.8 Å². The number of ether oxygens (including phenoxy) is 1. The molecule has 0 heterocycles. The highest BCUT2D eigenvalue weighted by atomic mass is 79.9. The van der Waals surface area contributed by atoms with Crippen LogP contribution >= 0.6 is 15.9 Å². The van der Waals surface area contributed by atoms with Gasteiger partial charge < -0.3 is 4.74 Å². The Balaban J connectivity index is 2.07. The molecular formula is C16H14BrNO. The molecule has 2 aromatic rings. The fourth-order valence-corrected chi connectivity index (χ4v) is 2.27. The Kier molecular flexibility index (Phi) is 4.59. The van der Waals surface area contributed by atoms with Gasteiger partial charge in [-0.15, -0.1) is 0 Å². The number of halogens is 1. The minimum absolute atomic E-state index is 0.389. The molecule has 2 aromatic carbocycles. The second-order valence-corrected chi connectivity index (χ2v) is 5.32. The van der Waals surface area contributed by atoms with Crippen molar-refractivity contribution in [1.82, 2.24) is 0 Å². The van der Waals surface area contributed by atoms with Crippen LogP contribution in [0.2, 0.25) is 0 Å². The topological polar surface area (TPSA) is 33.0 Å². The monoisotopic (exact) mass is 315 g/mol. The van der Waals surface area contributed by atoms with Crippen LogP contribution in [-0.4, -0.2) is 0 Å². The summed E-state index contributed by atoms with van der Waals surface area (Å²) in [7, 11) is 0. The lowest BCUT2D eigenvalue weighted by atomic mass is 10.1. The Morgan fingerprint density at radius 2 is 1.84 bits per heavy atom. The molecule has 0 aliphatic carbocycles. The Hall–Kier alpha value is -1.79. The van der Waals surface area contributed by atoms with E-state index in [0.717, 1.165) is 21.3 Å². The van der Waals surface area contributed by atoms with Crippen molar-refractivity contribution in [1.29, 1.82) is 5.26 Å². The molecule has 0 aromatic heterocycles. The molecule has 0 aliphatic rings. The average molecular weight is 316 g/mol. The van der Waals surface area contributed by atoms with Gasteiger partial charge in [-0.2, -0.15) is 5.26 Å². The predicted octanol–water partition coefficient (Wildman–Crippen LogP) is 4.40. The molecule has 0 saturated heterocycles. The highest BCUT2D eigenvalue weighted by Crippen LogP contribution is 2.22. The molecule has 96 valence electrons. The molecule has 0 saturated carbocycles. The third-order valence-electron chi connectivity index (χ3n) is 2.74. The molecule has 0 unspecified atom stereocenters. The quantitative estimate of drug-likeness (QED) is 0.837. The first-order valence-corrected chi connectivity index (χ1v) is 6.81. The van der Waals surface area contributed by atoms with E-state index in [0.29, 0.717) is 13.0 Å². The summed E-state index contributed by atoms with van der Waals surface area (Å²) < 4.78 is 6.69. The second-order valence-electron chi connectivity index (χ2n) is 4.40. The summed E-state index contributed by atoms with van der Waals surface area (Å²) in [6.45, 7) is 2.59. The lowest BCUT2D eigenvalue weighted by Gasteiger charge is -2.08. The third-order valence-corrected chi connectivity index (χ3v) is 3.20. The van der Waals surface area contributed by atoms with Gasteiger partial charge >= 0.3 is 0 Å². The lowest BCUT2D eigenvalue weighted by molar-refractivity contribution is 0.306. The molecule has 19 heavy (non-hydrogen) atoms. The molecule has 0 fully saturated rings. The average Bonchev–Trinajstić information content (AvgIpc) is 2.38. The van der Waals surface area contributed by atoms with Gasteiger partial charge in [0.15, 0.2) is 0 Å². The molecule has 2 rings (SSSR count). The molecule has 0 N–H and O–H groups in total. The lowest BCUT2D eigenvalue weighted by Crippen LogP contribution is -1.96. The molecule has 3 heteroatoms. The standard InChI is InChI=1S/C16H14BrNO/c1-12-2-4-13(5-3-12)11-19-16-9-14(6-7-18)8-15(17)10-16/h2-5,8-10H,6,11H2,1H3. The van der Waals surface area contributed by atoms with E-state index < -0.39 is 0 Å². The zero-order chi connectivity index (χ0) is 13.7. The van der Waals surface area contributed by atoms with Gasteiger partial charge in [-0.25, -0.2) is 0 Å². The molecule has 0 radical (unpaired) electrons. The summed E-state index contributed by atoms with van der Waals surface area (Å²) in [5.74, 6) is 0.778. The molecular weight excluding hydrogens is 302 g/mol. The van der Waals surface area contributed by atoms with Gasteiger partial charge in [0.05, 0.1) is 12.5 Å². The first-order valence-electron chi connectivity index (χ1n) is 6.02. The van der Waals surface area contributed by atoms with E-state index >= 15 is 0 Å². The van der Waals surface area contributed by atoms with Crippen LogP contribution in [-0.2, 0) is 13.0 Å². The van der Waals surface area contributed by atoms with Gasteiger partial charge in [0.25, 0.3) is 0 Å². The van der Waals surface area contributed by atoms with Crippen molar-refractivity contribution in [2.75, 3.05) is 0 Å². The van der Waals surface area contributed by atoms with Crippen molar-refractivity contribution < 1.29 is 4.74 Å². The van der Waals surface area contributed by atoms with Gasteiger partial charge in [-0.3, -0.25) is 0 Å². The minimum Gasteiger partial charge on any atom is -0.489 e. The summed E-state index contributed by atoms with van der Waals surface area (Å²) in [6, 6.07) is 16.1. The van der Waals surface area contributed by atoms with Crippen molar-refractivity contribution in [3.63, 3.8) is 0 Å². The zero-order valence-electron chi connectivity index (χ0n) is 10.7. The maximum Gasteiger partial charge on any atom is 0.121 e. The number of hydrogen-bond donors (Lipinski definition) is 0. The van der Waals surface area contributed by atoms with E-state index in [1.165, 1.54) is 5.56 Å². The highest BCUT2D eigenvalue weighted by molar-refractivity contribution is 9.10. The molecule has 0 aliphatic heterocycles. The summed E-state index contributed by atoms with van der Waals surface area (Å²) in [5.41, 5.74) is 3.32. The Labute approximate surface area is 121 Å². The van der Waals surface area contributed by atoms with E-state index in [1.54, 1.807) is 0 Å². The Morgan fingerprint density at radius 3 is 2.53 bits per heavy atom. The van der Waals surface area contributed by atoms with Crippen molar-refractivity contribution in [2.45, 2.75) is 20.0 Å². The van der Waals surface area contributed by atoms with Gasteiger partial charge in [0.1, 0.15) is 12.4 Å². The molecule has 0 atom stereocenters. The van der Waals surface area contributed by atoms with Crippen LogP contribution in [0.4, 0.5) is 0 Å². The highest BCUT2D eigenvalue weighted by Gasteiger charge is 2.01. The van der Waals surface area contributed by atoms with Crippen LogP contribution in [0.15, 0.2) is 46.9 Å². The predicted molar refractivity (Wildman–Crippen MR) is 79.0 cm³/mol. The van der Waals surface area contributed by atoms with E-state index in [4.69, 9.17) is 10.00 Å². The van der Waals surface area contributed by atoms with Gasteiger partial charge in [-0.1, -0.05) is 45.8 Å². The van der Waals surface area contributed by atoms with Crippen LogP contribution in [0.5, 0.6) is 5.75 Å². The van der Waals surface area contributed by atoms with Crippen LogP contribution in [0.1, 0.15) is 16.7 Å². The van der Waals surface area contributed by atoms with Gasteiger partial charge in [-0.05, 0) is 36.2 Å². The maximum absolute atomic E-state index is 8.73. The first kappa shape index (κ1) is 13.6. The Morgan fingerprint density at radius 1 is 1.11 bits per heavy atom. The van der Waals surface area contributed by atoms with E-state index in [9.17, 15) is 0 Å². The zero-order valence-corrected chi connectivity index (χ0v) is 12.3. The van der Waals surface area contributed by atoms with Crippen molar-refractivity contribution in [2.24, 2.45) is 0 Å². The van der Waals surface area contributed by atoms with E-state index in [1.807, 2.05) is 18.2 Å². The molecule has 0 spiro atoms. The number of nitriles is 1. The second kappa shape index (κ2) is 6.40. The smallest absolute Gasteiger partial charge is 0.121 e. The third kappa shape index (κ3) is 4.11. The fourth-order valence-electron chi connectivity index (χ4n) is 1.75. The SMILES string of the molecule is Cc1ccc(COc2cc(Br)cc(CC#N)c2)cc1. The molecule has 0 bridgehead atoms. The van der Waals surface area contributed by atoms with Crippen LogP contribution < -0.4 is 4.74 Å². The number of aryl methyl sites for hydroxylation is 1. The van der Waals surface area contributed by atoms with Gasteiger partial charge in [0.2, 0.25) is 0 Å². The van der Waals surface area contributed by atoms with Crippen LogP contribution in [0.3, 0.4) is 0 Å². The van der Waals surface area contributed by atoms with E-state index in [2.05, 4.69) is 53.2 Å². The van der Waals surface area contributed by atoms with Crippen LogP contribution in [0.25, 0.3) is 0 Å². The van der Waals surface area contributed by atoms with Crippen molar-refractivity contribution >= 4 is 15.9 Å². The number of hydrogen-bond acceptors (Lipinski definition) is 2. The summed E-state index contributed by atoms with van der Waals surface area (Å²) in [5, 5.41) is 8.73. The number of benzene rings is 2. The first-order chi connectivity index (χ1) is 9.17. The Bertz CT molecular complexity index is 599. The number of rotatable bonds is 4. The van der Waals surface area contributed by atoms with E-state index in [-0.39, 0.29) is 0 Å². The number of nitrogens with zero attached hydrogens (tertiary/aromatic N) is 1. The fraction of sp³-hybridized carbons (Fsp3) is 0.188. The van der Waals surface area contributed by atoms with Crippen LogP contribution in [0, 0.1) is 18.3 Å². The molecule has 2 nitrogen and oxygen atoms in total. The minimum atomic E-state index is 0.389. The maximum atomic E-state index is 8.73. The molecule has 0 amide bonds. The van der Waals surface area contributed by atoms with Gasteiger partial charge in [0, 0.05) is 4.47 Å². The summed E-state index contributed by atoms with van der Waals surface area (Å²) in [6.07, 6.45) is 0.389.